The van der Waals surface area contributed by atoms with Gasteiger partial charge in [0.15, 0.2) is 4.77 Å². The van der Waals surface area contributed by atoms with Crippen molar-refractivity contribution < 1.29 is 4.92 Å². The van der Waals surface area contributed by atoms with Crippen molar-refractivity contribution in [1.29, 1.82) is 0 Å². The fourth-order valence-electron chi connectivity index (χ4n) is 3.61. The van der Waals surface area contributed by atoms with Crippen LogP contribution in [0.15, 0.2) is 72.9 Å². The molecule has 0 amide bonds. The second-order valence-corrected chi connectivity index (χ2v) is 8.38. The minimum Gasteiger partial charge on any atom is -0.329 e. The van der Waals surface area contributed by atoms with Crippen LogP contribution >= 0.6 is 35.4 Å². The van der Waals surface area contributed by atoms with Crippen LogP contribution in [0.1, 0.15) is 0 Å². The van der Waals surface area contributed by atoms with Gasteiger partial charge in [0, 0.05) is 34.5 Å². The van der Waals surface area contributed by atoms with E-state index in [-0.39, 0.29) is 10.5 Å². The van der Waals surface area contributed by atoms with Gasteiger partial charge in [-0.05, 0) is 60.7 Å². The molecule has 0 bridgehead atoms. The number of aromatic amines is 1. The zero-order valence-electron chi connectivity index (χ0n) is 16.7. The van der Waals surface area contributed by atoms with Crippen LogP contribution in [0.4, 0.5) is 5.69 Å². The number of rotatable bonds is 4. The molecule has 0 saturated carbocycles. The molecular weight excluding hydrogens is 481 g/mol. The predicted molar refractivity (Wildman–Crippen MR) is 131 cm³/mol. The van der Waals surface area contributed by atoms with Crippen molar-refractivity contribution >= 4 is 46.8 Å². The summed E-state index contributed by atoms with van der Waals surface area (Å²) < 4.78 is 2.19. The van der Waals surface area contributed by atoms with Crippen LogP contribution in [-0.4, -0.2) is 24.3 Å². The summed E-state index contributed by atoms with van der Waals surface area (Å²) in [5.41, 5.74) is 4.77. The molecule has 33 heavy (non-hydrogen) atoms. The summed E-state index contributed by atoms with van der Waals surface area (Å²) in [5, 5.41) is 12.0. The van der Waals surface area contributed by atoms with Crippen molar-refractivity contribution in [2.75, 3.05) is 0 Å². The van der Waals surface area contributed by atoms with Crippen LogP contribution in [0.2, 0.25) is 10.0 Å². The number of halogens is 2. The van der Waals surface area contributed by atoms with E-state index in [4.69, 9.17) is 40.4 Å². The highest BCUT2D eigenvalue weighted by Gasteiger charge is 2.20. The maximum atomic E-state index is 11.0. The predicted octanol–water partition coefficient (Wildman–Crippen LogP) is 7.00. The second-order valence-electron chi connectivity index (χ2n) is 7.15. The molecule has 0 radical (unpaired) electrons. The Balaban J connectivity index is 1.74. The first kappa shape index (κ1) is 21.3. The zero-order chi connectivity index (χ0) is 23.1. The number of hydrogen-bond acceptors (Lipinski definition) is 5. The van der Waals surface area contributed by atoms with Gasteiger partial charge in [-0.15, -0.1) is 0 Å². The maximum Gasteiger partial charge on any atom is 0.269 e. The Kier molecular flexibility index (Phi) is 5.41. The van der Waals surface area contributed by atoms with Crippen molar-refractivity contribution in [2.24, 2.45) is 0 Å². The van der Waals surface area contributed by atoms with Gasteiger partial charge in [-0.1, -0.05) is 29.3 Å². The fraction of sp³-hybridized carbons (Fsp3) is 0. The van der Waals surface area contributed by atoms with E-state index in [1.165, 1.54) is 12.1 Å². The topological polar surface area (TPSA) is 89.1 Å². The number of aromatic nitrogens is 4. The molecule has 0 unspecified atom stereocenters. The van der Waals surface area contributed by atoms with Crippen molar-refractivity contribution in [2.45, 2.75) is 0 Å². The van der Waals surface area contributed by atoms with E-state index in [0.717, 1.165) is 11.3 Å². The van der Waals surface area contributed by atoms with Gasteiger partial charge in [0.05, 0.1) is 27.0 Å². The van der Waals surface area contributed by atoms with Crippen LogP contribution in [-0.2, 0) is 0 Å². The Morgan fingerprint density at radius 2 is 1.79 bits per heavy atom. The molecule has 1 N–H and O–H groups in total. The van der Waals surface area contributed by atoms with Crippen LogP contribution in [0.3, 0.4) is 0 Å². The summed E-state index contributed by atoms with van der Waals surface area (Å²) >= 11 is 18.0. The van der Waals surface area contributed by atoms with Crippen LogP contribution in [0.25, 0.3) is 39.5 Å². The maximum absolute atomic E-state index is 11.0. The van der Waals surface area contributed by atoms with Gasteiger partial charge in [-0.2, -0.15) is 0 Å². The molecule has 7 nitrogen and oxygen atoms in total. The Morgan fingerprint density at radius 3 is 2.52 bits per heavy atom. The Morgan fingerprint density at radius 1 is 1.00 bits per heavy atom. The third kappa shape index (κ3) is 4.00. The lowest BCUT2D eigenvalue weighted by atomic mass is 10.1. The highest BCUT2D eigenvalue weighted by molar-refractivity contribution is 7.71. The second kappa shape index (κ2) is 8.40. The summed E-state index contributed by atoms with van der Waals surface area (Å²) in [5.74, 6) is 0. The summed E-state index contributed by atoms with van der Waals surface area (Å²) in [6.07, 6.45) is 1.90. The summed E-state index contributed by atoms with van der Waals surface area (Å²) in [7, 11) is 0. The molecule has 10 heteroatoms. The molecule has 2 aromatic carbocycles. The molecular formula is C23H13Cl2N5O2S. The number of imidazole rings is 1. The number of nitrogens with zero attached hydrogens (tertiary/aromatic N) is 4. The molecule has 0 spiro atoms. The first-order valence-electron chi connectivity index (χ1n) is 9.70. The monoisotopic (exact) mass is 493 g/mol. The van der Waals surface area contributed by atoms with Crippen LogP contribution < -0.4 is 0 Å². The lowest BCUT2D eigenvalue weighted by Crippen LogP contribution is -1.96. The van der Waals surface area contributed by atoms with E-state index < -0.39 is 4.92 Å². The minimum absolute atomic E-state index is 0.00140. The van der Waals surface area contributed by atoms with Gasteiger partial charge in [-0.3, -0.25) is 14.5 Å². The quantitative estimate of drug-likeness (QED) is 0.165. The Hall–Kier alpha value is -3.59. The summed E-state index contributed by atoms with van der Waals surface area (Å²) in [4.78, 5) is 22.9. The normalized spacial score (nSPS) is 11.1. The minimum atomic E-state index is -0.444. The molecule has 3 aromatic heterocycles. The first-order valence-corrected chi connectivity index (χ1v) is 10.9. The van der Waals surface area contributed by atoms with Crippen LogP contribution in [0.5, 0.6) is 0 Å². The smallest absolute Gasteiger partial charge is 0.269 e. The van der Waals surface area contributed by atoms with Crippen molar-refractivity contribution in [3.8, 4) is 33.9 Å². The molecule has 5 aromatic rings. The number of nitrogens with one attached hydrogen (secondary N) is 1. The standard InChI is InChI=1S/C23H13Cl2N5O2S/c24-14-6-9-16(17(25)11-14)21-22(29-10-2-1-3-20(29)28-21)19-12-18(26-23(33)27-19)13-4-7-15(8-5-13)30(31)32/h1-12H,(H,26,27,33). The third-order valence-electron chi connectivity index (χ3n) is 5.09. The first-order chi connectivity index (χ1) is 15.9. The number of fused-ring (bicyclic) bond motifs is 1. The van der Waals surface area contributed by atoms with E-state index in [9.17, 15) is 10.1 Å². The average molecular weight is 494 g/mol. The Labute approximate surface area is 202 Å². The number of hydrogen-bond donors (Lipinski definition) is 1. The van der Waals surface area contributed by atoms with E-state index >= 15 is 0 Å². The van der Waals surface area contributed by atoms with E-state index in [2.05, 4.69) is 9.97 Å². The lowest BCUT2D eigenvalue weighted by Gasteiger charge is -2.09. The molecule has 162 valence electrons. The molecule has 0 aliphatic carbocycles. The number of H-pyrrole nitrogens is 1. The number of non-ortho nitro benzene ring substituents is 1. The van der Waals surface area contributed by atoms with Gasteiger partial charge in [0.25, 0.3) is 5.69 Å². The number of pyridine rings is 1. The van der Waals surface area contributed by atoms with E-state index in [1.807, 2.05) is 40.9 Å². The van der Waals surface area contributed by atoms with Gasteiger partial charge < -0.3 is 4.98 Å². The van der Waals surface area contributed by atoms with E-state index in [0.29, 0.717) is 38.3 Å². The molecule has 0 aliphatic rings. The lowest BCUT2D eigenvalue weighted by molar-refractivity contribution is -0.384. The summed E-state index contributed by atoms with van der Waals surface area (Å²) in [6.45, 7) is 0. The highest BCUT2D eigenvalue weighted by atomic mass is 35.5. The fourth-order valence-corrected chi connectivity index (χ4v) is 4.32. The average Bonchev–Trinajstić information content (AvgIpc) is 3.18. The third-order valence-corrected chi connectivity index (χ3v) is 5.83. The highest BCUT2D eigenvalue weighted by Crippen LogP contribution is 2.37. The van der Waals surface area contributed by atoms with E-state index in [1.54, 1.807) is 24.3 Å². The van der Waals surface area contributed by atoms with Gasteiger partial charge in [-0.25, -0.2) is 9.97 Å². The zero-order valence-corrected chi connectivity index (χ0v) is 19.0. The van der Waals surface area contributed by atoms with Gasteiger partial charge in [0.1, 0.15) is 11.3 Å². The van der Waals surface area contributed by atoms with Crippen molar-refractivity contribution in [3.63, 3.8) is 0 Å². The SMILES string of the molecule is O=[N+]([O-])c1ccc(-c2cc(-c3c(-c4ccc(Cl)cc4Cl)nc4ccccn34)[nH]c(=S)n2)cc1. The molecule has 0 aliphatic heterocycles. The molecule has 0 saturated heterocycles. The number of nitro groups is 1. The van der Waals surface area contributed by atoms with Crippen LogP contribution in [0, 0.1) is 14.9 Å². The number of benzene rings is 2. The molecule has 5 rings (SSSR count). The van der Waals surface area contributed by atoms with Crippen molar-refractivity contribution in [3.05, 3.63) is 97.9 Å². The molecule has 3 heterocycles. The Bertz CT molecular complexity index is 1600. The molecule has 0 atom stereocenters. The summed E-state index contributed by atoms with van der Waals surface area (Å²) in [6, 6.07) is 18.9. The van der Waals surface area contributed by atoms with Gasteiger partial charge in [0.2, 0.25) is 0 Å². The molecule has 0 fully saturated rings. The van der Waals surface area contributed by atoms with Gasteiger partial charge >= 0.3 is 0 Å². The largest absolute Gasteiger partial charge is 0.329 e. The van der Waals surface area contributed by atoms with Crippen molar-refractivity contribution in [1.82, 2.24) is 19.4 Å². The number of nitro benzene ring substituents is 1.